The van der Waals surface area contributed by atoms with Crippen LogP contribution in [-0.2, 0) is 7.05 Å². The van der Waals surface area contributed by atoms with Crippen molar-refractivity contribution in [2.24, 2.45) is 7.05 Å². The van der Waals surface area contributed by atoms with Crippen molar-refractivity contribution >= 4 is 5.97 Å². The zero-order valence-electron chi connectivity index (χ0n) is 9.73. The first-order valence-electron chi connectivity index (χ1n) is 5.26. The van der Waals surface area contributed by atoms with E-state index in [0.717, 1.165) is 0 Å². The number of rotatable bonds is 3. The Morgan fingerprint density at radius 3 is 3.05 bits per heavy atom. The zero-order valence-corrected chi connectivity index (χ0v) is 9.73. The van der Waals surface area contributed by atoms with Crippen molar-refractivity contribution in [2.75, 3.05) is 0 Å². The van der Waals surface area contributed by atoms with Crippen LogP contribution in [0, 0.1) is 0 Å². The number of hydrogen-bond acceptors (Lipinski definition) is 6. The summed E-state index contributed by atoms with van der Waals surface area (Å²) >= 11 is 0. The molecule has 0 amide bonds. The van der Waals surface area contributed by atoms with Crippen molar-refractivity contribution < 1.29 is 14.4 Å². The lowest BCUT2D eigenvalue weighted by Crippen LogP contribution is -1.99. The highest BCUT2D eigenvalue weighted by Gasteiger charge is 2.21. The predicted octanol–water partition coefficient (Wildman–Crippen LogP) is 0.558. The number of carbonyl (C=O) groups is 1. The average molecular weight is 260 g/mol. The Hall–Kier alpha value is -2.97. The van der Waals surface area contributed by atoms with Gasteiger partial charge in [0.05, 0.1) is 6.33 Å². The largest absolute Gasteiger partial charge is 0.476 e. The molecule has 0 bridgehead atoms. The highest BCUT2D eigenvalue weighted by atomic mass is 16.5. The van der Waals surface area contributed by atoms with E-state index in [1.54, 1.807) is 24.0 Å². The van der Waals surface area contributed by atoms with Crippen LogP contribution < -0.4 is 0 Å². The predicted molar refractivity (Wildman–Crippen MR) is 61.0 cm³/mol. The summed E-state index contributed by atoms with van der Waals surface area (Å²) in [5.41, 5.74) is 0.535. The smallest absolute Gasteiger partial charge is 0.356 e. The molecule has 3 aromatic heterocycles. The Bertz CT molecular complexity index is 740. The van der Waals surface area contributed by atoms with Gasteiger partial charge in [-0.2, -0.15) is 10.1 Å². The van der Waals surface area contributed by atoms with E-state index in [4.69, 9.17) is 9.63 Å². The molecule has 0 fully saturated rings. The van der Waals surface area contributed by atoms with Crippen molar-refractivity contribution in [1.82, 2.24) is 29.9 Å². The van der Waals surface area contributed by atoms with Crippen molar-refractivity contribution in [1.29, 1.82) is 0 Å². The molecule has 3 heterocycles. The molecule has 0 atom stereocenters. The maximum atomic E-state index is 10.9. The number of aryl methyl sites for hydroxylation is 1. The quantitative estimate of drug-likeness (QED) is 0.705. The second kappa shape index (κ2) is 4.05. The lowest BCUT2D eigenvalue weighted by atomic mass is 10.3. The molecule has 0 aliphatic heterocycles. The number of carboxylic acid groups (broad SMARTS) is 1. The van der Waals surface area contributed by atoms with Gasteiger partial charge in [-0.3, -0.25) is 4.68 Å². The summed E-state index contributed by atoms with van der Waals surface area (Å²) in [5.74, 6) is -0.842. The average Bonchev–Trinajstić information content (AvgIpc) is 3.07. The summed E-state index contributed by atoms with van der Waals surface area (Å²) in [6.07, 6.45) is 2.99. The fraction of sp³-hybridized carbons (Fsp3) is 0.100. The fourth-order valence-electron chi connectivity index (χ4n) is 1.58. The van der Waals surface area contributed by atoms with Gasteiger partial charge in [-0.25, -0.2) is 9.78 Å². The van der Waals surface area contributed by atoms with Gasteiger partial charge in [-0.15, -0.1) is 0 Å². The third-order valence-electron chi connectivity index (χ3n) is 2.42. The Labute approximate surface area is 105 Å². The second-order valence-corrected chi connectivity index (χ2v) is 3.73. The van der Waals surface area contributed by atoms with Gasteiger partial charge in [0.1, 0.15) is 11.4 Å². The van der Waals surface area contributed by atoms with Gasteiger partial charge < -0.3 is 14.6 Å². The van der Waals surface area contributed by atoms with Gasteiger partial charge in [-0.05, 0) is 6.07 Å². The monoisotopic (exact) mass is 260 g/mol. The Balaban J connectivity index is 2.01. The van der Waals surface area contributed by atoms with Crippen LogP contribution in [-0.4, -0.2) is 41.0 Å². The van der Waals surface area contributed by atoms with Gasteiger partial charge in [0.2, 0.25) is 5.82 Å². The van der Waals surface area contributed by atoms with E-state index in [1.165, 1.54) is 6.33 Å². The number of hydrogen-bond donors (Lipinski definition) is 2. The highest BCUT2D eigenvalue weighted by Crippen LogP contribution is 2.21. The van der Waals surface area contributed by atoms with E-state index in [9.17, 15) is 4.79 Å². The molecule has 3 aromatic rings. The molecule has 0 spiro atoms. The van der Waals surface area contributed by atoms with E-state index in [1.807, 2.05) is 0 Å². The van der Waals surface area contributed by atoms with Crippen LogP contribution in [0.4, 0.5) is 0 Å². The minimum Gasteiger partial charge on any atom is -0.476 e. The summed E-state index contributed by atoms with van der Waals surface area (Å²) < 4.78 is 6.62. The molecular weight excluding hydrogens is 252 g/mol. The van der Waals surface area contributed by atoms with Crippen molar-refractivity contribution in [3.05, 3.63) is 24.3 Å². The lowest BCUT2D eigenvalue weighted by molar-refractivity contribution is 0.0691. The summed E-state index contributed by atoms with van der Waals surface area (Å²) in [4.78, 5) is 21.4. The molecule has 19 heavy (non-hydrogen) atoms. The van der Waals surface area contributed by atoms with E-state index in [-0.39, 0.29) is 23.1 Å². The number of nitrogens with zero attached hydrogens (tertiary/aromatic N) is 5. The molecule has 3 rings (SSSR count). The normalized spacial score (nSPS) is 10.8. The SMILES string of the molecule is Cn1ccc(-c2noc(-c3[nH]cnc3C(=O)O)n2)n1. The van der Waals surface area contributed by atoms with Crippen LogP contribution in [0.3, 0.4) is 0 Å². The lowest BCUT2D eigenvalue weighted by Gasteiger charge is -1.90. The van der Waals surface area contributed by atoms with Gasteiger partial charge in [0, 0.05) is 13.2 Å². The van der Waals surface area contributed by atoms with Crippen LogP contribution in [0.15, 0.2) is 23.1 Å². The fourth-order valence-corrected chi connectivity index (χ4v) is 1.58. The minimum absolute atomic E-state index is 0.0514. The van der Waals surface area contributed by atoms with Crippen LogP contribution in [0.5, 0.6) is 0 Å². The molecule has 0 unspecified atom stereocenters. The molecule has 0 saturated heterocycles. The highest BCUT2D eigenvalue weighted by molar-refractivity contribution is 5.91. The topological polar surface area (TPSA) is 123 Å². The molecule has 0 saturated carbocycles. The number of nitrogens with one attached hydrogen (secondary N) is 1. The van der Waals surface area contributed by atoms with Crippen molar-refractivity contribution in [2.45, 2.75) is 0 Å². The van der Waals surface area contributed by atoms with Gasteiger partial charge in [0.15, 0.2) is 5.69 Å². The standard InChI is InChI=1S/C10H8N6O3/c1-16-3-2-5(14-16)8-13-9(19-15-8)6-7(10(17)18)12-4-11-6/h2-4H,1H3,(H,11,12)(H,17,18). The number of imidazole rings is 1. The third-order valence-corrected chi connectivity index (χ3v) is 2.42. The summed E-state index contributed by atoms with van der Waals surface area (Å²) in [7, 11) is 1.77. The van der Waals surface area contributed by atoms with E-state index < -0.39 is 5.97 Å². The minimum atomic E-state index is -1.17. The number of aromatic amines is 1. The molecule has 9 nitrogen and oxygen atoms in total. The van der Waals surface area contributed by atoms with Crippen molar-refractivity contribution in [3.63, 3.8) is 0 Å². The van der Waals surface area contributed by atoms with Crippen molar-refractivity contribution in [3.8, 4) is 23.1 Å². The van der Waals surface area contributed by atoms with Crippen LogP contribution >= 0.6 is 0 Å². The van der Waals surface area contributed by atoms with E-state index in [0.29, 0.717) is 5.69 Å². The van der Waals surface area contributed by atoms with Crippen LogP contribution in [0.1, 0.15) is 10.5 Å². The van der Waals surface area contributed by atoms with E-state index in [2.05, 4.69) is 25.2 Å². The van der Waals surface area contributed by atoms with Gasteiger partial charge in [0.25, 0.3) is 5.89 Å². The molecule has 0 radical (unpaired) electrons. The van der Waals surface area contributed by atoms with Crippen LogP contribution in [0.25, 0.3) is 23.1 Å². The molecule has 9 heteroatoms. The number of aromatic carboxylic acids is 1. The van der Waals surface area contributed by atoms with Gasteiger partial charge >= 0.3 is 5.97 Å². The first kappa shape index (κ1) is 11.1. The number of H-pyrrole nitrogens is 1. The molecule has 0 aliphatic rings. The molecule has 2 N–H and O–H groups in total. The summed E-state index contributed by atoms with van der Waals surface area (Å²) in [6.45, 7) is 0. The maximum absolute atomic E-state index is 10.9. The zero-order chi connectivity index (χ0) is 13.4. The maximum Gasteiger partial charge on any atom is 0.356 e. The van der Waals surface area contributed by atoms with Crippen LogP contribution in [0.2, 0.25) is 0 Å². The molecular formula is C10H8N6O3. The Morgan fingerprint density at radius 2 is 2.37 bits per heavy atom. The van der Waals surface area contributed by atoms with E-state index >= 15 is 0 Å². The molecule has 96 valence electrons. The van der Waals surface area contributed by atoms with Gasteiger partial charge in [-0.1, -0.05) is 5.16 Å². The first-order valence-corrected chi connectivity index (χ1v) is 5.26. The summed E-state index contributed by atoms with van der Waals surface area (Å²) in [5, 5.41) is 16.8. The Morgan fingerprint density at radius 1 is 1.53 bits per heavy atom. The number of carboxylic acids is 1. The Kier molecular flexibility index (Phi) is 2.37. The molecule has 0 aromatic carbocycles. The second-order valence-electron chi connectivity index (χ2n) is 3.73. The third kappa shape index (κ3) is 1.86. The first-order chi connectivity index (χ1) is 9.15. The molecule has 0 aliphatic carbocycles. The number of aromatic nitrogens is 6. The summed E-state index contributed by atoms with van der Waals surface area (Å²) in [6, 6.07) is 1.72.